The van der Waals surface area contributed by atoms with E-state index in [-0.39, 0.29) is 25.5 Å². The first-order valence-electron chi connectivity index (χ1n) is 7.74. The van der Waals surface area contributed by atoms with E-state index in [1.807, 2.05) is 0 Å². The van der Waals surface area contributed by atoms with E-state index in [1.54, 1.807) is 0 Å². The molecule has 0 aliphatic carbocycles. The third-order valence-electron chi connectivity index (χ3n) is 3.25. The van der Waals surface area contributed by atoms with Gasteiger partial charge in [0.2, 0.25) is 0 Å². The zero-order valence-corrected chi connectivity index (χ0v) is 14.2. The molecule has 6 heteroatoms. The van der Waals surface area contributed by atoms with Gasteiger partial charge in [-0.3, -0.25) is 4.57 Å². The van der Waals surface area contributed by atoms with Crippen molar-refractivity contribution in [3.8, 4) is 0 Å². The molecular weight excluding hydrogens is 270 g/mol. The Morgan fingerprint density at radius 1 is 0.850 bits per heavy atom. The zero-order chi connectivity index (χ0) is 14.4. The van der Waals surface area contributed by atoms with Crippen LogP contribution in [0.3, 0.4) is 0 Å². The molecule has 0 aliphatic heterocycles. The van der Waals surface area contributed by atoms with Gasteiger partial charge in [0.05, 0.1) is 6.61 Å². The number of hydrogen-bond acceptors (Lipinski definition) is 3. The van der Waals surface area contributed by atoms with Crippen LogP contribution in [0.5, 0.6) is 0 Å². The molecule has 0 spiro atoms. The third kappa shape index (κ3) is 21.0. The fourth-order valence-corrected chi connectivity index (χ4v) is 2.48. The summed E-state index contributed by atoms with van der Waals surface area (Å²) in [4.78, 5) is 18.7. The number of hydrogen-bond donors (Lipinski definition) is 1. The van der Waals surface area contributed by atoms with Gasteiger partial charge in [-0.05, 0) is 6.42 Å². The first-order valence-corrected chi connectivity index (χ1v) is 9.24. The molecule has 0 aromatic rings. The Balaban J connectivity index is 0. The SMILES string of the molecule is CCCCCCCCCCCCCCOP(=O)([O-])O.[Li+]. The normalized spacial score (nSPS) is 13.8. The maximum Gasteiger partial charge on any atom is 1.00 e. The van der Waals surface area contributed by atoms with Gasteiger partial charge in [0.25, 0.3) is 7.82 Å². The topological polar surface area (TPSA) is 69.6 Å². The molecule has 116 valence electrons. The van der Waals surface area contributed by atoms with Gasteiger partial charge in [-0.25, -0.2) is 0 Å². The summed E-state index contributed by atoms with van der Waals surface area (Å²) in [7, 11) is -4.50. The molecular formula is C14H30LiO4P. The van der Waals surface area contributed by atoms with Crippen LogP contribution in [0.2, 0.25) is 0 Å². The summed E-state index contributed by atoms with van der Waals surface area (Å²) in [5, 5.41) is 0. The minimum atomic E-state index is -4.50. The second kappa shape index (κ2) is 16.1. The quantitative estimate of drug-likeness (QED) is 0.297. The maximum absolute atomic E-state index is 10.3. The van der Waals surface area contributed by atoms with Crippen molar-refractivity contribution in [3.63, 3.8) is 0 Å². The van der Waals surface area contributed by atoms with Gasteiger partial charge in [0, 0.05) is 0 Å². The Kier molecular flexibility index (Phi) is 18.5. The predicted molar refractivity (Wildman–Crippen MR) is 76.9 cm³/mol. The Labute approximate surface area is 136 Å². The molecule has 0 aliphatic rings. The standard InChI is InChI=1S/C14H31O4P.Li/c1-2-3-4-5-6-7-8-9-10-11-12-13-14-18-19(15,16)17;/h2-14H2,1H3,(H2,15,16,17);/q;+1/p-1. The molecule has 0 heterocycles. The van der Waals surface area contributed by atoms with E-state index in [2.05, 4.69) is 11.4 Å². The average molecular weight is 300 g/mol. The summed E-state index contributed by atoms with van der Waals surface area (Å²) in [6.45, 7) is 2.34. The Bertz CT molecular complexity index is 233. The van der Waals surface area contributed by atoms with Gasteiger partial charge in [-0.2, -0.15) is 0 Å². The van der Waals surface area contributed by atoms with Crippen molar-refractivity contribution >= 4 is 7.82 Å². The summed E-state index contributed by atoms with van der Waals surface area (Å²) in [6.07, 6.45) is 14.7. The molecule has 4 nitrogen and oxygen atoms in total. The fourth-order valence-electron chi connectivity index (χ4n) is 2.12. The van der Waals surface area contributed by atoms with Crippen molar-refractivity contribution in [2.45, 2.75) is 84.0 Å². The molecule has 0 aromatic carbocycles. The molecule has 0 radical (unpaired) electrons. The third-order valence-corrected chi connectivity index (χ3v) is 3.76. The van der Waals surface area contributed by atoms with E-state index in [1.165, 1.54) is 57.8 Å². The van der Waals surface area contributed by atoms with Crippen LogP contribution in [0.1, 0.15) is 84.0 Å². The minimum absolute atomic E-state index is 0. The number of phosphoric acid groups is 1. The van der Waals surface area contributed by atoms with Gasteiger partial charge >= 0.3 is 18.9 Å². The predicted octanol–water partition coefficient (Wildman–Crippen LogP) is 1.17. The molecule has 0 bridgehead atoms. The molecule has 1 N–H and O–H groups in total. The monoisotopic (exact) mass is 300 g/mol. The largest absolute Gasteiger partial charge is 1.00 e. The van der Waals surface area contributed by atoms with Crippen molar-refractivity contribution in [3.05, 3.63) is 0 Å². The molecule has 0 saturated carbocycles. The molecule has 0 rings (SSSR count). The van der Waals surface area contributed by atoms with E-state index in [9.17, 15) is 9.46 Å². The van der Waals surface area contributed by atoms with Gasteiger partial charge in [0.1, 0.15) is 0 Å². The summed E-state index contributed by atoms with van der Waals surface area (Å²) in [5.74, 6) is 0. The van der Waals surface area contributed by atoms with Crippen LogP contribution in [0.25, 0.3) is 0 Å². The average Bonchev–Trinajstić information content (AvgIpc) is 2.34. The van der Waals surface area contributed by atoms with Crippen molar-refractivity contribution in [2.75, 3.05) is 6.61 Å². The summed E-state index contributed by atoms with van der Waals surface area (Å²) in [6, 6.07) is 0. The van der Waals surface area contributed by atoms with E-state index >= 15 is 0 Å². The van der Waals surface area contributed by atoms with Gasteiger partial charge in [-0.1, -0.05) is 77.6 Å². The van der Waals surface area contributed by atoms with Crippen molar-refractivity contribution < 1.29 is 37.7 Å². The fraction of sp³-hybridized carbons (Fsp3) is 1.00. The van der Waals surface area contributed by atoms with Crippen molar-refractivity contribution in [1.82, 2.24) is 0 Å². The molecule has 0 amide bonds. The van der Waals surface area contributed by atoms with Crippen molar-refractivity contribution in [1.29, 1.82) is 0 Å². The molecule has 0 aromatic heterocycles. The molecule has 0 saturated heterocycles. The Morgan fingerprint density at radius 3 is 1.55 bits per heavy atom. The molecule has 1 atom stereocenters. The van der Waals surface area contributed by atoms with Gasteiger partial charge in [0.15, 0.2) is 0 Å². The minimum Gasteiger partial charge on any atom is -0.756 e. The van der Waals surface area contributed by atoms with Crippen LogP contribution in [0.4, 0.5) is 0 Å². The molecule has 1 unspecified atom stereocenters. The van der Waals surface area contributed by atoms with Crippen LogP contribution in [0.15, 0.2) is 0 Å². The number of rotatable bonds is 14. The van der Waals surface area contributed by atoms with Crippen LogP contribution in [-0.4, -0.2) is 11.5 Å². The first kappa shape index (κ1) is 23.0. The number of unbranched alkanes of at least 4 members (excludes halogenated alkanes) is 11. The smallest absolute Gasteiger partial charge is 0.756 e. The van der Waals surface area contributed by atoms with E-state index in [4.69, 9.17) is 4.89 Å². The summed E-state index contributed by atoms with van der Waals surface area (Å²) < 4.78 is 14.6. The second-order valence-electron chi connectivity index (χ2n) is 5.19. The maximum atomic E-state index is 10.3. The summed E-state index contributed by atoms with van der Waals surface area (Å²) >= 11 is 0. The molecule has 0 fully saturated rings. The Hall–Kier alpha value is 0.707. The van der Waals surface area contributed by atoms with Crippen LogP contribution in [-0.2, 0) is 9.09 Å². The van der Waals surface area contributed by atoms with E-state index in [0.29, 0.717) is 6.42 Å². The van der Waals surface area contributed by atoms with Crippen LogP contribution >= 0.6 is 7.82 Å². The summed E-state index contributed by atoms with van der Waals surface area (Å²) in [5.41, 5.74) is 0. The van der Waals surface area contributed by atoms with E-state index < -0.39 is 7.82 Å². The van der Waals surface area contributed by atoms with Crippen LogP contribution in [0, 0.1) is 0 Å². The zero-order valence-electron chi connectivity index (χ0n) is 13.3. The van der Waals surface area contributed by atoms with Gasteiger partial charge in [-0.15, -0.1) is 0 Å². The van der Waals surface area contributed by atoms with Crippen molar-refractivity contribution in [2.24, 2.45) is 0 Å². The Morgan fingerprint density at radius 2 is 1.20 bits per heavy atom. The number of phosphoric ester groups is 1. The second-order valence-corrected chi connectivity index (χ2v) is 6.39. The van der Waals surface area contributed by atoms with E-state index in [0.717, 1.165) is 12.8 Å². The molecule has 20 heavy (non-hydrogen) atoms. The van der Waals surface area contributed by atoms with Gasteiger partial charge < -0.3 is 14.3 Å². The van der Waals surface area contributed by atoms with Crippen LogP contribution < -0.4 is 23.8 Å². The first-order chi connectivity index (χ1) is 9.06.